The smallest absolute Gasteiger partial charge is 0.266 e. The van der Waals surface area contributed by atoms with E-state index in [4.69, 9.17) is 4.98 Å². The Labute approximate surface area is 194 Å². The summed E-state index contributed by atoms with van der Waals surface area (Å²) in [5.74, 6) is 0.729. The van der Waals surface area contributed by atoms with E-state index in [0.29, 0.717) is 28.8 Å². The van der Waals surface area contributed by atoms with Crippen LogP contribution >= 0.6 is 0 Å². The third-order valence-electron chi connectivity index (χ3n) is 5.84. The lowest BCUT2D eigenvalue weighted by atomic mass is 10.1. The van der Waals surface area contributed by atoms with Crippen LogP contribution in [0.25, 0.3) is 16.6 Å². The highest BCUT2D eigenvalue weighted by molar-refractivity contribution is 5.94. The second kappa shape index (κ2) is 9.41. The number of benzene rings is 3. The molecular weight excluding hydrogens is 410 g/mol. The van der Waals surface area contributed by atoms with Crippen molar-refractivity contribution in [1.29, 1.82) is 0 Å². The summed E-state index contributed by atoms with van der Waals surface area (Å²) in [4.78, 5) is 34.0. The van der Waals surface area contributed by atoms with Crippen LogP contribution < -0.4 is 5.56 Å². The number of aryl methyl sites for hydroxylation is 1. The van der Waals surface area contributed by atoms with Crippen molar-refractivity contribution in [2.24, 2.45) is 5.92 Å². The molecule has 1 atom stereocenters. The summed E-state index contributed by atoms with van der Waals surface area (Å²) >= 11 is 0. The Kier molecular flexibility index (Phi) is 6.40. The molecule has 168 valence electrons. The largest absolute Gasteiger partial charge is 0.328 e. The molecule has 4 rings (SSSR count). The topological polar surface area (TPSA) is 55.2 Å². The van der Waals surface area contributed by atoms with Gasteiger partial charge in [-0.25, -0.2) is 4.98 Å². The van der Waals surface area contributed by atoms with Crippen molar-refractivity contribution in [3.63, 3.8) is 0 Å². The van der Waals surface area contributed by atoms with Gasteiger partial charge < -0.3 is 4.90 Å². The molecule has 0 radical (unpaired) electrons. The fraction of sp³-hybridized carbons (Fsp3) is 0.250. The average Bonchev–Trinajstić information content (AvgIpc) is 2.83. The number of aromatic nitrogens is 2. The van der Waals surface area contributed by atoms with E-state index in [1.54, 1.807) is 10.6 Å². The molecule has 0 N–H and O–H groups in total. The summed E-state index contributed by atoms with van der Waals surface area (Å²) in [6.45, 7) is 8.65. The Balaban J connectivity index is 1.94. The first-order chi connectivity index (χ1) is 15.9. The molecule has 0 aliphatic heterocycles. The second-order valence-electron chi connectivity index (χ2n) is 8.81. The number of hydrogen-bond acceptors (Lipinski definition) is 3. The fourth-order valence-electron chi connectivity index (χ4n) is 4.17. The van der Waals surface area contributed by atoms with E-state index in [-0.39, 0.29) is 17.4 Å². The average molecular weight is 440 g/mol. The van der Waals surface area contributed by atoms with Crippen LogP contribution in [0.1, 0.15) is 48.6 Å². The monoisotopic (exact) mass is 439 g/mol. The molecule has 5 nitrogen and oxygen atoms in total. The summed E-state index contributed by atoms with van der Waals surface area (Å²) in [5, 5.41) is 0.557. The number of carbonyl (C=O) groups is 1. The maximum atomic E-state index is 13.7. The van der Waals surface area contributed by atoms with Crippen LogP contribution in [-0.4, -0.2) is 26.9 Å². The molecule has 0 saturated carbocycles. The molecule has 0 spiro atoms. The number of fused-ring (bicyclic) bond motifs is 1. The van der Waals surface area contributed by atoms with Gasteiger partial charge in [0.1, 0.15) is 5.82 Å². The van der Waals surface area contributed by atoms with Gasteiger partial charge in [0.25, 0.3) is 11.5 Å². The van der Waals surface area contributed by atoms with Gasteiger partial charge in [-0.2, -0.15) is 0 Å². The number of hydrogen-bond donors (Lipinski definition) is 0. The predicted molar refractivity (Wildman–Crippen MR) is 133 cm³/mol. The van der Waals surface area contributed by atoms with Gasteiger partial charge in [0.15, 0.2) is 0 Å². The van der Waals surface area contributed by atoms with Crippen molar-refractivity contribution in [3.05, 3.63) is 106 Å². The number of carbonyl (C=O) groups excluding carboxylic acids is 1. The van der Waals surface area contributed by atoms with Crippen molar-refractivity contribution in [2.75, 3.05) is 6.54 Å². The maximum absolute atomic E-state index is 13.7. The molecule has 0 saturated heterocycles. The Bertz CT molecular complexity index is 1340. The molecular formula is C28H29N3O2. The van der Waals surface area contributed by atoms with Gasteiger partial charge in [-0.15, -0.1) is 0 Å². The van der Waals surface area contributed by atoms with Gasteiger partial charge in [0, 0.05) is 12.1 Å². The number of nitrogens with zero attached hydrogens (tertiary/aromatic N) is 3. The van der Waals surface area contributed by atoms with Crippen molar-refractivity contribution in [1.82, 2.24) is 14.5 Å². The lowest BCUT2D eigenvalue weighted by Gasteiger charge is -2.32. The molecule has 3 aromatic carbocycles. The first-order valence-electron chi connectivity index (χ1n) is 11.3. The van der Waals surface area contributed by atoms with E-state index < -0.39 is 6.04 Å². The molecule has 1 heterocycles. The molecule has 1 amide bonds. The van der Waals surface area contributed by atoms with Gasteiger partial charge >= 0.3 is 0 Å². The standard InChI is InChI=1S/C28H29N3O2/c1-19(2)18-30(27(32)22-13-6-5-7-14-22)21(4)26-29-24-16-10-9-15-23(24)28(33)31(26)25-17-11-8-12-20(25)3/h5-17,19,21H,18H2,1-4H3. The van der Waals surface area contributed by atoms with Gasteiger partial charge in [0.2, 0.25) is 0 Å². The fourth-order valence-corrected chi connectivity index (χ4v) is 4.17. The van der Waals surface area contributed by atoms with Crippen LogP contribution in [-0.2, 0) is 0 Å². The van der Waals surface area contributed by atoms with Crippen LogP contribution in [0.5, 0.6) is 0 Å². The van der Waals surface area contributed by atoms with Crippen LogP contribution in [0, 0.1) is 12.8 Å². The highest BCUT2D eigenvalue weighted by Gasteiger charge is 2.28. The lowest BCUT2D eigenvalue weighted by Crippen LogP contribution is -2.39. The van der Waals surface area contributed by atoms with Crippen LogP contribution in [0.2, 0.25) is 0 Å². The zero-order valence-electron chi connectivity index (χ0n) is 19.5. The van der Waals surface area contributed by atoms with E-state index in [1.807, 2.05) is 91.5 Å². The third-order valence-corrected chi connectivity index (χ3v) is 5.84. The van der Waals surface area contributed by atoms with Crippen molar-refractivity contribution in [2.45, 2.75) is 33.7 Å². The Hall–Kier alpha value is -3.73. The highest BCUT2D eigenvalue weighted by Crippen LogP contribution is 2.26. The molecule has 1 unspecified atom stereocenters. The SMILES string of the molecule is Cc1ccccc1-n1c(C(C)N(CC(C)C)C(=O)c2ccccc2)nc2ccccc2c1=O. The Morgan fingerprint density at radius 3 is 2.24 bits per heavy atom. The van der Waals surface area contributed by atoms with Crippen molar-refractivity contribution < 1.29 is 4.79 Å². The van der Waals surface area contributed by atoms with Crippen LogP contribution in [0.4, 0.5) is 0 Å². The zero-order chi connectivity index (χ0) is 23.5. The van der Waals surface area contributed by atoms with E-state index in [0.717, 1.165) is 11.3 Å². The Morgan fingerprint density at radius 2 is 1.55 bits per heavy atom. The summed E-state index contributed by atoms with van der Waals surface area (Å²) in [6.07, 6.45) is 0. The Morgan fingerprint density at radius 1 is 0.909 bits per heavy atom. The van der Waals surface area contributed by atoms with Crippen LogP contribution in [0.3, 0.4) is 0 Å². The summed E-state index contributed by atoms with van der Waals surface area (Å²) < 4.78 is 1.67. The molecule has 0 aliphatic carbocycles. The maximum Gasteiger partial charge on any atom is 0.266 e. The summed E-state index contributed by atoms with van der Waals surface area (Å²) in [6, 6.07) is 24.0. The van der Waals surface area contributed by atoms with Gasteiger partial charge in [-0.3, -0.25) is 14.2 Å². The van der Waals surface area contributed by atoms with E-state index in [9.17, 15) is 9.59 Å². The minimum absolute atomic E-state index is 0.0736. The van der Waals surface area contributed by atoms with E-state index >= 15 is 0 Å². The molecule has 33 heavy (non-hydrogen) atoms. The third kappa shape index (κ3) is 4.44. The predicted octanol–water partition coefficient (Wildman–Crippen LogP) is 5.55. The first-order valence-corrected chi connectivity index (χ1v) is 11.3. The van der Waals surface area contributed by atoms with Crippen molar-refractivity contribution >= 4 is 16.8 Å². The number of para-hydroxylation sites is 2. The van der Waals surface area contributed by atoms with Crippen molar-refractivity contribution in [3.8, 4) is 5.69 Å². The number of amides is 1. The van der Waals surface area contributed by atoms with E-state index in [1.165, 1.54) is 0 Å². The lowest BCUT2D eigenvalue weighted by molar-refractivity contribution is 0.0655. The summed E-state index contributed by atoms with van der Waals surface area (Å²) in [5.41, 5.74) is 2.86. The minimum atomic E-state index is -0.419. The van der Waals surface area contributed by atoms with E-state index in [2.05, 4.69) is 13.8 Å². The van der Waals surface area contributed by atoms with Gasteiger partial charge in [-0.1, -0.05) is 62.4 Å². The normalized spacial score (nSPS) is 12.2. The second-order valence-corrected chi connectivity index (χ2v) is 8.81. The molecule has 4 aromatic rings. The minimum Gasteiger partial charge on any atom is -0.328 e. The van der Waals surface area contributed by atoms with Gasteiger partial charge in [0.05, 0.1) is 22.6 Å². The molecule has 1 aromatic heterocycles. The molecule has 0 aliphatic rings. The molecule has 0 fully saturated rings. The van der Waals surface area contributed by atoms with Gasteiger partial charge in [-0.05, 0) is 55.7 Å². The summed E-state index contributed by atoms with van der Waals surface area (Å²) in [7, 11) is 0. The number of rotatable bonds is 6. The molecule has 5 heteroatoms. The van der Waals surface area contributed by atoms with Crippen LogP contribution in [0.15, 0.2) is 83.7 Å². The highest BCUT2D eigenvalue weighted by atomic mass is 16.2. The first kappa shape index (κ1) is 22.5. The quantitative estimate of drug-likeness (QED) is 0.396. The molecule has 0 bridgehead atoms. The zero-order valence-corrected chi connectivity index (χ0v) is 19.5.